The fraction of sp³-hybridized carbons (Fsp3) is 0.500. The molecule has 0 spiro atoms. The van der Waals surface area contributed by atoms with Gasteiger partial charge in [-0.2, -0.15) is 0 Å². The molecule has 1 aromatic heterocycles. The van der Waals surface area contributed by atoms with Crippen molar-refractivity contribution in [1.29, 1.82) is 0 Å². The molecule has 1 aromatic carbocycles. The van der Waals surface area contributed by atoms with E-state index in [4.69, 9.17) is 10.7 Å². The molecule has 3 heteroatoms. The van der Waals surface area contributed by atoms with Crippen LogP contribution in [0.25, 0.3) is 10.8 Å². The van der Waals surface area contributed by atoms with E-state index in [1.54, 1.807) is 0 Å². The Hall–Kier alpha value is -1.61. The fourth-order valence-electron chi connectivity index (χ4n) is 3.44. The summed E-state index contributed by atoms with van der Waals surface area (Å²) in [5.74, 6) is 2.02. The maximum atomic E-state index is 5.85. The van der Waals surface area contributed by atoms with Crippen molar-refractivity contribution in [2.24, 2.45) is 11.7 Å². The number of nitrogens with zero attached hydrogens (tertiary/aromatic N) is 2. The van der Waals surface area contributed by atoms with Gasteiger partial charge in [0.1, 0.15) is 5.82 Å². The van der Waals surface area contributed by atoms with Crippen LogP contribution < -0.4 is 10.6 Å². The van der Waals surface area contributed by atoms with Crippen LogP contribution in [0.2, 0.25) is 0 Å². The second-order valence-corrected chi connectivity index (χ2v) is 6.05. The van der Waals surface area contributed by atoms with Crippen molar-refractivity contribution in [3.05, 3.63) is 36.0 Å². The van der Waals surface area contributed by atoms with Gasteiger partial charge in [-0.15, -0.1) is 0 Å². The highest BCUT2D eigenvalue weighted by Gasteiger charge is 2.18. The van der Waals surface area contributed by atoms with Crippen molar-refractivity contribution < 1.29 is 0 Å². The lowest BCUT2D eigenvalue weighted by Gasteiger charge is -2.24. The first-order valence-corrected chi connectivity index (χ1v) is 8.15. The van der Waals surface area contributed by atoms with Gasteiger partial charge in [-0.3, -0.25) is 0 Å². The van der Waals surface area contributed by atoms with Gasteiger partial charge in [0, 0.05) is 31.2 Å². The highest BCUT2D eigenvalue weighted by atomic mass is 15.2. The minimum Gasteiger partial charge on any atom is -0.356 e. The summed E-state index contributed by atoms with van der Waals surface area (Å²) in [6.45, 7) is 5.10. The fourth-order valence-corrected chi connectivity index (χ4v) is 3.44. The van der Waals surface area contributed by atoms with E-state index in [0.29, 0.717) is 6.54 Å². The average Bonchev–Trinajstić information content (AvgIpc) is 2.79. The number of benzene rings is 1. The number of pyridine rings is 1. The molecule has 0 amide bonds. The van der Waals surface area contributed by atoms with Crippen LogP contribution in [0.1, 0.15) is 38.2 Å². The smallest absolute Gasteiger partial charge is 0.136 e. The Morgan fingerprint density at radius 2 is 2.00 bits per heavy atom. The molecule has 1 aliphatic rings. The SMILES string of the molecule is CCC1CCCN(c2ncc(CN)c3ccccc23)CC1. The van der Waals surface area contributed by atoms with Gasteiger partial charge in [-0.1, -0.05) is 37.6 Å². The van der Waals surface area contributed by atoms with Gasteiger partial charge in [0.05, 0.1) is 0 Å². The molecule has 1 unspecified atom stereocenters. The molecule has 1 aliphatic heterocycles. The van der Waals surface area contributed by atoms with E-state index < -0.39 is 0 Å². The summed E-state index contributed by atoms with van der Waals surface area (Å²) in [6.07, 6.45) is 7.16. The number of aromatic nitrogens is 1. The van der Waals surface area contributed by atoms with Crippen molar-refractivity contribution in [2.75, 3.05) is 18.0 Å². The first kappa shape index (κ1) is 14.3. The number of fused-ring (bicyclic) bond motifs is 1. The van der Waals surface area contributed by atoms with Crippen LogP contribution in [0.15, 0.2) is 30.5 Å². The molecule has 2 heterocycles. The first-order valence-electron chi connectivity index (χ1n) is 8.15. The van der Waals surface area contributed by atoms with E-state index in [9.17, 15) is 0 Å². The molecule has 0 saturated carbocycles. The third-order valence-electron chi connectivity index (χ3n) is 4.80. The lowest BCUT2D eigenvalue weighted by atomic mass is 9.98. The Bertz CT molecular complexity index is 608. The summed E-state index contributed by atoms with van der Waals surface area (Å²) in [5.41, 5.74) is 6.99. The second-order valence-electron chi connectivity index (χ2n) is 6.05. The maximum Gasteiger partial charge on any atom is 0.136 e. The predicted octanol–water partition coefficient (Wildman–Crippen LogP) is 3.71. The lowest BCUT2D eigenvalue weighted by Crippen LogP contribution is -2.25. The highest BCUT2D eigenvalue weighted by molar-refractivity contribution is 5.94. The molecule has 0 aliphatic carbocycles. The molecule has 1 fully saturated rings. The summed E-state index contributed by atoms with van der Waals surface area (Å²) in [7, 11) is 0. The minimum absolute atomic E-state index is 0.547. The number of hydrogen-bond acceptors (Lipinski definition) is 3. The van der Waals surface area contributed by atoms with Gasteiger partial charge in [0.25, 0.3) is 0 Å². The van der Waals surface area contributed by atoms with E-state index in [-0.39, 0.29) is 0 Å². The Balaban J connectivity index is 1.97. The molecule has 1 atom stereocenters. The second kappa shape index (κ2) is 6.44. The van der Waals surface area contributed by atoms with E-state index in [1.165, 1.54) is 36.5 Å². The minimum atomic E-state index is 0.547. The Labute approximate surface area is 127 Å². The number of hydrogen-bond donors (Lipinski definition) is 1. The third kappa shape index (κ3) is 2.88. The molecule has 0 radical (unpaired) electrons. The molecule has 2 N–H and O–H groups in total. The summed E-state index contributed by atoms with van der Waals surface area (Å²) >= 11 is 0. The summed E-state index contributed by atoms with van der Waals surface area (Å²) in [4.78, 5) is 7.21. The van der Waals surface area contributed by atoms with Crippen LogP contribution in [-0.2, 0) is 6.54 Å². The summed E-state index contributed by atoms with van der Waals surface area (Å²) < 4.78 is 0. The average molecular weight is 283 g/mol. The quantitative estimate of drug-likeness (QED) is 0.933. The normalized spacial score (nSPS) is 19.7. The molecule has 2 aromatic rings. The van der Waals surface area contributed by atoms with Gasteiger partial charge >= 0.3 is 0 Å². The third-order valence-corrected chi connectivity index (χ3v) is 4.80. The van der Waals surface area contributed by atoms with Crippen LogP contribution >= 0.6 is 0 Å². The van der Waals surface area contributed by atoms with Crippen LogP contribution in [0.4, 0.5) is 5.82 Å². The Morgan fingerprint density at radius 1 is 1.19 bits per heavy atom. The maximum absolute atomic E-state index is 5.85. The number of anilines is 1. The van der Waals surface area contributed by atoms with E-state index in [2.05, 4.69) is 36.1 Å². The van der Waals surface area contributed by atoms with Crippen molar-refractivity contribution in [1.82, 2.24) is 4.98 Å². The molecule has 3 rings (SSSR count). The lowest BCUT2D eigenvalue weighted by molar-refractivity contribution is 0.459. The highest BCUT2D eigenvalue weighted by Crippen LogP contribution is 2.30. The van der Waals surface area contributed by atoms with Crippen LogP contribution in [0, 0.1) is 5.92 Å². The van der Waals surface area contributed by atoms with Crippen molar-refractivity contribution in [3.8, 4) is 0 Å². The molecule has 21 heavy (non-hydrogen) atoms. The molecule has 3 nitrogen and oxygen atoms in total. The molecule has 1 saturated heterocycles. The van der Waals surface area contributed by atoms with Crippen molar-refractivity contribution in [2.45, 2.75) is 39.2 Å². The van der Waals surface area contributed by atoms with Crippen LogP contribution in [0.5, 0.6) is 0 Å². The van der Waals surface area contributed by atoms with Gasteiger partial charge in [-0.25, -0.2) is 4.98 Å². The topological polar surface area (TPSA) is 42.2 Å². The summed E-state index contributed by atoms with van der Waals surface area (Å²) in [6, 6.07) is 8.52. The zero-order valence-electron chi connectivity index (χ0n) is 12.9. The molecule has 0 bridgehead atoms. The first-order chi connectivity index (χ1) is 10.3. The van der Waals surface area contributed by atoms with Gasteiger partial charge in [-0.05, 0) is 36.1 Å². The largest absolute Gasteiger partial charge is 0.356 e. The molecule has 112 valence electrons. The standard InChI is InChI=1S/C18H25N3/c1-2-14-6-5-10-21(11-9-14)18-17-8-4-3-7-16(17)15(12-19)13-20-18/h3-4,7-8,13-14H,2,5-6,9-12,19H2,1H3. The van der Waals surface area contributed by atoms with E-state index in [0.717, 1.165) is 30.4 Å². The van der Waals surface area contributed by atoms with Crippen LogP contribution in [0.3, 0.4) is 0 Å². The Morgan fingerprint density at radius 3 is 2.76 bits per heavy atom. The monoisotopic (exact) mass is 283 g/mol. The van der Waals surface area contributed by atoms with Gasteiger partial charge < -0.3 is 10.6 Å². The molecular weight excluding hydrogens is 258 g/mol. The van der Waals surface area contributed by atoms with Crippen molar-refractivity contribution in [3.63, 3.8) is 0 Å². The number of nitrogens with two attached hydrogens (primary N) is 1. The van der Waals surface area contributed by atoms with Crippen LogP contribution in [-0.4, -0.2) is 18.1 Å². The zero-order valence-corrected chi connectivity index (χ0v) is 12.9. The Kier molecular flexibility index (Phi) is 4.39. The predicted molar refractivity (Wildman–Crippen MR) is 89.5 cm³/mol. The van der Waals surface area contributed by atoms with E-state index >= 15 is 0 Å². The van der Waals surface area contributed by atoms with Gasteiger partial charge in [0.15, 0.2) is 0 Å². The zero-order chi connectivity index (χ0) is 14.7. The van der Waals surface area contributed by atoms with E-state index in [1.807, 2.05) is 6.20 Å². The molecular formula is C18H25N3. The van der Waals surface area contributed by atoms with Gasteiger partial charge in [0.2, 0.25) is 0 Å². The van der Waals surface area contributed by atoms with Crippen molar-refractivity contribution >= 4 is 16.6 Å². The summed E-state index contributed by atoms with van der Waals surface area (Å²) in [5, 5.41) is 2.50. The number of rotatable bonds is 3.